The Morgan fingerprint density at radius 3 is 2.63 bits per heavy atom. The van der Waals surface area contributed by atoms with Crippen LogP contribution < -0.4 is 5.32 Å². The van der Waals surface area contributed by atoms with Crippen molar-refractivity contribution in [3.63, 3.8) is 0 Å². The number of allylic oxidation sites excluding steroid dienone is 3. The molecule has 0 unspecified atom stereocenters. The predicted octanol–water partition coefficient (Wildman–Crippen LogP) is 5.00. The maximum atomic E-state index is 13.1. The van der Waals surface area contributed by atoms with Gasteiger partial charge in [0.1, 0.15) is 0 Å². The van der Waals surface area contributed by atoms with Crippen molar-refractivity contribution in [1.29, 1.82) is 0 Å². The van der Waals surface area contributed by atoms with Crippen LogP contribution in [-0.2, 0) is 14.3 Å². The first-order chi connectivity index (χ1) is 12.6. The minimum atomic E-state index is -0.409. The lowest BCUT2D eigenvalue weighted by Crippen LogP contribution is -2.39. The number of dihydropyridines is 1. The molecule has 5 heteroatoms. The Balaban J connectivity index is 2.17. The Labute approximate surface area is 169 Å². The molecular weight excluding hydrogens is 406 g/mol. The van der Waals surface area contributed by atoms with Gasteiger partial charge in [-0.25, -0.2) is 4.79 Å². The highest BCUT2D eigenvalue weighted by molar-refractivity contribution is 9.10. The van der Waals surface area contributed by atoms with Gasteiger partial charge >= 0.3 is 5.97 Å². The van der Waals surface area contributed by atoms with E-state index in [0.29, 0.717) is 17.6 Å². The summed E-state index contributed by atoms with van der Waals surface area (Å²) in [5.74, 6) is -0.682. The number of halogens is 1. The molecule has 3 rings (SSSR count). The third kappa shape index (κ3) is 4.03. The van der Waals surface area contributed by atoms with E-state index in [0.717, 1.165) is 27.9 Å². The highest BCUT2D eigenvalue weighted by Crippen LogP contribution is 2.47. The minimum absolute atomic E-state index is 0.0963. The molecule has 1 heterocycles. The van der Waals surface area contributed by atoms with Crippen LogP contribution in [0.25, 0.3) is 0 Å². The average Bonchev–Trinajstić information content (AvgIpc) is 2.51. The van der Waals surface area contributed by atoms with Crippen molar-refractivity contribution in [3.05, 3.63) is 56.8 Å². The number of rotatable bonds is 3. The standard InChI is InChI=1S/C22H26BrNO3/c1-12(2)27-21(26)18-13(3)24-16-10-22(4,5)11-17(25)20(16)19(18)14-7-6-8-15(23)9-14/h6-9,12,19,24H,10-11H2,1-5H3/t19-/m0/s1. The van der Waals surface area contributed by atoms with E-state index in [1.54, 1.807) is 0 Å². The molecule has 2 aliphatic rings. The largest absolute Gasteiger partial charge is 0.460 e. The number of hydrogen-bond acceptors (Lipinski definition) is 4. The number of nitrogens with one attached hydrogen (secondary N) is 1. The Hall–Kier alpha value is -1.88. The maximum absolute atomic E-state index is 13.1. The van der Waals surface area contributed by atoms with E-state index >= 15 is 0 Å². The van der Waals surface area contributed by atoms with Gasteiger partial charge in [0.2, 0.25) is 0 Å². The molecule has 1 aromatic carbocycles. The zero-order valence-electron chi connectivity index (χ0n) is 16.5. The Bertz CT molecular complexity index is 864. The van der Waals surface area contributed by atoms with E-state index < -0.39 is 5.92 Å². The number of ketones is 1. The minimum Gasteiger partial charge on any atom is -0.460 e. The van der Waals surface area contributed by atoms with Gasteiger partial charge in [-0.2, -0.15) is 0 Å². The number of carbonyl (C=O) groups excluding carboxylic acids is 2. The normalized spacial score (nSPS) is 21.9. The van der Waals surface area contributed by atoms with Crippen molar-refractivity contribution in [2.45, 2.75) is 59.5 Å². The number of ether oxygens (including phenoxy) is 1. The van der Waals surface area contributed by atoms with Crippen LogP contribution in [0.1, 0.15) is 58.9 Å². The molecule has 1 atom stereocenters. The first kappa shape index (κ1) is 19.9. The van der Waals surface area contributed by atoms with Crippen molar-refractivity contribution in [3.8, 4) is 0 Å². The smallest absolute Gasteiger partial charge is 0.337 e. The molecule has 0 bridgehead atoms. The lowest BCUT2D eigenvalue weighted by atomic mass is 9.68. The molecule has 27 heavy (non-hydrogen) atoms. The van der Waals surface area contributed by atoms with Crippen molar-refractivity contribution < 1.29 is 14.3 Å². The van der Waals surface area contributed by atoms with Crippen LogP contribution in [0.4, 0.5) is 0 Å². The van der Waals surface area contributed by atoms with Gasteiger partial charge in [0.15, 0.2) is 5.78 Å². The van der Waals surface area contributed by atoms with Crippen molar-refractivity contribution >= 4 is 27.7 Å². The molecule has 0 spiro atoms. The second-order valence-corrected chi connectivity index (χ2v) is 9.35. The van der Waals surface area contributed by atoms with Crippen molar-refractivity contribution in [2.24, 2.45) is 5.41 Å². The summed E-state index contributed by atoms with van der Waals surface area (Å²) >= 11 is 3.51. The molecule has 0 saturated heterocycles. The number of esters is 1. The van der Waals surface area contributed by atoms with E-state index in [9.17, 15) is 9.59 Å². The van der Waals surface area contributed by atoms with Gasteiger partial charge in [-0.3, -0.25) is 4.79 Å². The highest BCUT2D eigenvalue weighted by Gasteiger charge is 2.43. The Kier molecular flexibility index (Phi) is 5.35. The number of hydrogen-bond donors (Lipinski definition) is 1. The number of carbonyl (C=O) groups is 2. The average molecular weight is 432 g/mol. The SMILES string of the molecule is CC1=C(C(=O)OC(C)C)[C@H](c2cccc(Br)c2)C2=C(CC(C)(C)CC2=O)N1. The first-order valence-corrected chi connectivity index (χ1v) is 10.1. The van der Waals surface area contributed by atoms with Crippen LogP contribution in [-0.4, -0.2) is 17.9 Å². The topological polar surface area (TPSA) is 55.4 Å². The summed E-state index contributed by atoms with van der Waals surface area (Å²) in [6, 6.07) is 7.81. The second-order valence-electron chi connectivity index (χ2n) is 8.44. The lowest BCUT2D eigenvalue weighted by Gasteiger charge is -2.39. The van der Waals surface area contributed by atoms with Crippen molar-refractivity contribution in [1.82, 2.24) is 5.32 Å². The first-order valence-electron chi connectivity index (χ1n) is 9.29. The number of Topliss-reactive ketones (excluding diaryl/α,β-unsaturated/α-hetero) is 1. The summed E-state index contributed by atoms with van der Waals surface area (Å²) in [5.41, 5.74) is 3.74. The molecule has 1 aromatic rings. The monoisotopic (exact) mass is 431 g/mol. The Morgan fingerprint density at radius 2 is 2.00 bits per heavy atom. The molecule has 0 radical (unpaired) electrons. The van der Waals surface area contributed by atoms with Gasteiger partial charge in [0.05, 0.1) is 11.7 Å². The second kappa shape index (κ2) is 7.27. The van der Waals surface area contributed by atoms with Crippen LogP contribution >= 0.6 is 15.9 Å². The summed E-state index contributed by atoms with van der Waals surface area (Å²) in [6.07, 6.45) is 1.03. The van der Waals surface area contributed by atoms with Crippen LogP contribution in [0.2, 0.25) is 0 Å². The van der Waals surface area contributed by atoms with Crippen LogP contribution in [0.3, 0.4) is 0 Å². The third-order valence-corrected chi connectivity index (χ3v) is 5.48. The van der Waals surface area contributed by atoms with Crippen LogP contribution in [0.15, 0.2) is 51.3 Å². The van der Waals surface area contributed by atoms with E-state index in [1.165, 1.54) is 0 Å². The predicted molar refractivity (Wildman–Crippen MR) is 109 cm³/mol. The van der Waals surface area contributed by atoms with Gasteiger partial charge in [0.25, 0.3) is 0 Å². The molecule has 0 amide bonds. The van der Waals surface area contributed by atoms with Gasteiger partial charge in [-0.05, 0) is 50.3 Å². The van der Waals surface area contributed by atoms with Gasteiger partial charge < -0.3 is 10.1 Å². The summed E-state index contributed by atoms with van der Waals surface area (Å²) in [5, 5.41) is 3.35. The fraction of sp³-hybridized carbons (Fsp3) is 0.455. The zero-order chi connectivity index (χ0) is 19.9. The van der Waals surface area contributed by atoms with Crippen LogP contribution in [0.5, 0.6) is 0 Å². The van der Waals surface area contributed by atoms with Crippen LogP contribution in [0, 0.1) is 5.41 Å². The van der Waals surface area contributed by atoms with Gasteiger partial charge in [-0.1, -0.05) is 41.9 Å². The molecule has 1 aliphatic carbocycles. The van der Waals surface area contributed by atoms with Gasteiger partial charge in [0, 0.05) is 33.8 Å². The molecule has 0 saturated carbocycles. The quantitative estimate of drug-likeness (QED) is 0.683. The Morgan fingerprint density at radius 1 is 1.30 bits per heavy atom. The number of benzene rings is 1. The summed E-state index contributed by atoms with van der Waals surface area (Å²) in [6.45, 7) is 9.75. The summed E-state index contributed by atoms with van der Waals surface area (Å²) < 4.78 is 6.43. The summed E-state index contributed by atoms with van der Waals surface area (Å²) in [4.78, 5) is 26.1. The molecule has 144 valence electrons. The zero-order valence-corrected chi connectivity index (χ0v) is 18.1. The van der Waals surface area contributed by atoms with E-state index in [2.05, 4.69) is 35.1 Å². The molecule has 1 aliphatic heterocycles. The highest BCUT2D eigenvalue weighted by atomic mass is 79.9. The fourth-order valence-electron chi connectivity index (χ4n) is 4.00. The third-order valence-electron chi connectivity index (χ3n) is 4.98. The summed E-state index contributed by atoms with van der Waals surface area (Å²) in [7, 11) is 0. The van der Waals surface area contributed by atoms with Gasteiger partial charge in [-0.15, -0.1) is 0 Å². The molecular formula is C22H26BrNO3. The van der Waals surface area contributed by atoms with Crippen molar-refractivity contribution in [2.75, 3.05) is 0 Å². The lowest BCUT2D eigenvalue weighted by molar-refractivity contribution is -0.143. The molecule has 0 fully saturated rings. The van der Waals surface area contributed by atoms with E-state index in [-0.39, 0.29) is 23.3 Å². The molecule has 1 N–H and O–H groups in total. The maximum Gasteiger partial charge on any atom is 0.337 e. The fourth-order valence-corrected chi connectivity index (χ4v) is 4.42. The molecule has 4 nitrogen and oxygen atoms in total. The van der Waals surface area contributed by atoms with E-state index in [1.807, 2.05) is 45.0 Å². The molecule has 0 aromatic heterocycles. The van der Waals surface area contributed by atoms with E-state index in [4.69, 9.17) is 4.74 Å².